The zero-order valence-electron chi connectivity index (χ0n) is 11.5. The Bertz CT molecular complexity index is 661. The third kappa shape index (κ3) is 2.78. The third-order valence-electron chi connectivity index (χ3n) is 3.49. The Morgan fingerprint density at radius 1 is 1.23 bits per heavy atom. The van der Waals surface area contributed by atoms with Crippen molar-refractivity contribution in [3.63, 3.8) is 0 Å². The molecule has 2 aromatic rings. The number of hydrogen-bond donors (Lipinski definition) is 1. The van der Waals surface area contributed by atoms with Crippen molar-refractivity contribution >= 4 is 11.8 Å². The van der Waals surface area contributed by atoms with Crippen molar-refractivity contribution < 1.29 is 13.2 Å². The molecule has 0 radical (unpaired) electrons. The zero-order chi connectivity index (χ0) is 15.7. The highest BCUT2D eigenvalue weighted by atomic mass is 19.4. The van der Waals surface area contributed by atoms with Crippen LogP contribution in [-0.2, 0) is 6.18 Å². The molecule has 0 aromatic carbocycles. The lowest BCUT2D eigenvalue weighted by atomic mass is 10.1. The zero-order valence-corrected chi connectivity index (χ0v) is 11.5. The molecule has 1 aliphatic rings. The molecule has 1 fully saturated rings. The quantitative estimate of drug-likeness (QED) is 0.916. The molecular formula is C13H13F3N6. The monoisotopic (exact) mass is 310 g/mol. The first-order chi connectivity index (χ1) is 10.4. The van der Waals surface area contributed by atoms with Gasteiger partial charge in [-0.15, -0.1) is 0 Å². The minimum atomic E-state index is -4.55. The summed E-state index contributed by atoms with van der Waals surface area (Å²) < 4.78 is 38.6. The van der Waals surface area contributed by atoms with Crippen LogP contribution in [0.1, 0.15) is 30.3 Å². The van der Waals surface area contributed by atoms with Crippen LogP contribution in [0, 0.1) is 0 Å². The van der Waals surface area contributed by atoms with Gasteiger partial charge in [0, 0.05) is 18.9 Å². The van der Waals surface area contributed by atoms with Crippen molar-refractivity contribution in [3.05, 3.63) is 36.0 Å². The fourth-order valence-electron chi connectivity index (χ4n) is 2.59. The summed E-state index contributed by atoms with van der Waals surface area (Å²) in [5.74, 6) is 0.228. The minimum Gasteiger partial charge on any atom is -0.368 e. The standard InChI is InChI=1S/C13H13F3N6/c14-13(15,16)10-6-8(20-12(17)21-10)9-2-1-5-22(9)11-7-18-3-4-19-11/h3-4,6-7,9H,1-2,5H2,(H2,17,20,21). The molecule has 0 amide bonds. The summed E-state index contributed by atoms with van der Waals surface area (Å²) in [6.45, 7) is 0.675. The highest BCUT2D eigenvalue weighted by Gasteiger charge is 2.36. The molecule has 1 aliphatic heterocycles. The van der Waals surface area contributed by atoms with Gasteiger partial charge in [0.15, 0.2) is 0 Å². The molecule has 0 spiro atoms. The second-order valence-corrected chi connectivity index (χ2v) is 4.95. The SMILES string of the molecule is Nc1nc(C2CCCN2c2cnccn2)cc(C(F)(F)F)n1. The molecular weight excluding hydrogens is 297 g/mol. The topological polar surface area (TPSA) is 80.8 Å². The summed E-state index contributed by atoms with van der Waals surface area (Å²) in [6, 6.07) is 0.638. The van der Waals surface area contributed by atoms with E-state index in [9.17, 15) is 13.2 Å². The third-order valence-corrected chi connectivity index (χ3v) is 3.49. The van der Waals surface area contributed by atoms with Gasteiger partial charge in [0.05, 0.1) is 17.9 Å². The normalized spacial score (nSPS) is 18.7. The number of nitrogen functional groups attached to an aromatic ring is 1. The van der Waals surface area contributed by atoms with Crippen LogP contribution < -0.4 is 10.6 Å². The highest BCUT2D eigenvalue weighted by Crippen LogP contribution is 2.36. The van der Waals surface area contributed by atoms with Crippen molar-refractivity contribution in [2.24, 2.45) is 0 Å². The average molecular weight is 310 g/mol. The van der Waals surface area contributed by atoms with E-state index in [1.54, 1.807) is 18.6 Å². The van der Waals surface area contributed by atoms with Crippen molar-refractivity contribution in [2.75, 3.05) is 17.2 Å². The van der Waals surface area contributed by atoms with Gasteiger partial charge in [0.1, 0.15) is 11.5 Å². The van der Waals surface area contributed by atoms with Crippen molar-refractivity contribution in [2.45, 2.75) is 25.1 Å². The van der Waals surface area contributed by atoms with Gasteiger partial charge >= 0.3 is 6.18 Å². The number of nitrogens with two attached hydrogens (primary N) is 1. The van der Waals surface area contributed by atoms with Gasteiger partial charge in [-0.3, -0.25) is 4.98 Å². The number of halogens is 3. The molecule has 3 rings (SSSR count). The Kier molecular flexibility index (Phi) is 3.55. The van der Waals surface area contributed by atoms with E-state index < -0.39 is 11.9 Å². The predicted octanol–water partition coefficient (Wildman–Crippen LogP) is 2.21. The Hall–Kier alpha value is -2.45. The number of hydrogen-bond acceptors (Lipinski definition) is 6. The maximum Gasteiger partial charge on any atom is 0.433 e. The molecule has 1 saturated heterocycles. The summed E-state index contributed by atoms with van der Waals surface area (Å²) in [5.41, 5.74) is 4.67. The maximum atomic E-state index is 12.9. The summed E-state index contributed by atoms with van der Waals surface area (Å²) in [5, 5.41) is 0. The predicted molar refractivity (Wildman–Crippen MR) is 72.8 cm³/mol. The number of nitrogens with zero attached hydrogens (tertiary/aromatic N) is 5. The molecule has 9 heteroatoms. The van der Waals surface area contributed by atoms with Gasteiger partial charge in [-0.1, -0.05) is 0 Å². The van der Waals surface area contributed by atoms with E-state index in [2.05, 4.69) is 19.9 Å². The van der Waals surface area contributed by atoms with Crippen LogP contribution in [0.5, 0.6) is 0 Å². The van der Waals surface area contributed by atoms with E-state index in [-0.39, 0.29) is 17.7 Å². The molecule has 6 nitrogen and oxygen atoms in total. The van der Waals surface area contributed by atoms with Crippen LogP contribution in [-0.4, -0.2) is 26.5 Å². The Labute approximate surface area is 124 Å². The van der Waals surface area contributed by atoms with Gasteiger partial charge in [0.25, 0.3) is 0 Å². The molecule has 0 saturated carbocycles. The van der Waals surface area contributed by atoms with Crippen LogP contribution in [0.4, 0.5) is 24.9 Å². The lowest BCUT2D eigenvalue weighted by Gasteiger charge is -2.25. The lowest BCUT2D eigenvalue weighted by Crippen LogP contribution is -2.25. The van der Waals surface area contributed by atoms with E-state index in [1.165, 1.54) is 0 Å². The van der Waals surface area contributed by atoms with Crippen molar-refractivity contribution in [1.29, 1.82) is 0 Å². The second kappa shape index (κ2) is 5.39. The van der Waals surface area contributed by atoms with E-state index in [0.29, 0.717) is 18.8 Å². The van der Waals surface area contributed by atoms with E-state index >= 15 is 0 Å². The van der Waals surface area contributed by atoms with Crippen LogP contribution in [0.3, 0.4) is 0 Å². The highest BCUT2D eigenvalue weighted by molar-refractivity contribution is 5.41. The van der Waals surface area contributed by atoms with E-state index in [4.69, 9.17) is 5.73 Å². The molecule has 2 N–H and O–H groups in total. The number of alkyl halides is 3. The van der Waals surface area contributed by atoms with Gasteiger partial charge in [0.2, 0.25) is 5.95 Å². The van der Waals surface area contributed by atoms with Crippen LogP contribution >= 0.6 is 0 Å². The smallest absolute Gasteiger partial charge is 0.368 e. The molecule has 0 bridgehead atoms. The molecule has 116 valence electrons. The molecule has 1 atom stereocenters. The van der Waals surface area contributed by atoms with Crippen LogP contribution in [0.25, 0.3) is 0 Å². The molecule has 2 aromatic heterocycles. The van der Waals surface area contributed by atoms with Gasteiger partial charge in [-0.25, -0.2) is 15.0 Å². The molecule has 22 heavy (non-hydrogen) atoms. The summed E-state index contributed by atoms with van der Waals surface area (Å²) >= 11 is 0. The summed E-state index contributed by atoms with van der Waals surface area (Å²) in [4.78, 5) is 17.3. The first kappa shape index (κ1) is 14.5. The van der Waals surface area contributed by atoms with Crippen LogP contribution in [0.15, 0.2) is 24.7 Å². The first-order valence-corrected chi connectivity index (χ1v) is 6.69. The van der Waals surface area contributed by atoms with Gasteiger partial charge in [-0.05, 0) is 18.9 Å². The molecule has 3 heterocycles. The Morgan fingerprint density at radius 2 is 2.05 bits per heavy atom. The van der Waals surface area contributed by atoms with Crippen LogP contribution in [0.2, 0.25) is 0 Å². The second-order valence-electron chi connectivity index (χ2n) is 4.95. The fraction of sp³-hybridized carbons (Fsp3) is 0.385. The summed E-state index contributed by atoms with van der Waals surface area (Å²) in [7, 11) is 0. The number of anilines is 2. The Morgan fingerprint density at radius 3 is 2.73 bits per heavy atom. The van der Waals surface area contributed by atoms with E-state index in [0.717, 1.165) is 12.5 Å². The Balaban J connectivity index is 1.98. The molecule has 1 unspecified atom stereocenters. The van der Waals surface area contributed by atoms with Crippen molar-refractivity contribution in [1.82, 2.24) is 19.9 Å². The minimum absolute atomic E-state index is 0.253. The first-order valence-electron chi connectivity index (χ1n) is 6.69. The fourth-order valence-corrected chi connectivity index (χ4v) is 2.59. The molecule has 0 aliphatic carbocycles. The number of rotatable bonds is 2. The van der Waals surface area contributed by atoms with Crippen molar-refractivity contribution in [3.8, 4) is 0 Å². The largest absolute Gasteiger partial charge is 0.433 e. The van der Waals surface area contributed by atoms with Gasteiger partial charge in [-0.2, -0.15) is 13.2 Å². The van der Waals surface area contributed by atoms with E-state index in [1.807, 2.05) is 4.90 Å². The lowest BCUT2D eigenvalue weighted by molar-refractivity contribution is -0.141. The van der Waals surface area contributed by atoms with Gasteiger partial charge < -0.3 is 10.6 Å². The maximum absolute atomic E-state index is 12.9. The average Bonchev–Trinajstić information content (AvgIpc) is 2.96. The number of aromatic nitrogens is 4. The summed E-state index contributed by atoms with van der Waals surface area (Å²) in [6.07, 6.45) is 1.60.